The molecule has 2 aromatic carbocycles. The topological polar surface area (TPSA) is 56.1 Å². The molecule has 4 aromatic rings. The van der Waals surface area contributed by atoms with Crippen molar-refractivity contribution >= 4 is 21.9 Å². The monoisotopic (exact) mass is 405 g/mol. The van der Waals surface area contributed by atoms with E-state index in [1.54, 1.807) is 18.3 Å². The number of rotatable bonds is 5. The Bertz CT molecular complexity index is 1200. The van der Waals surface area contributed by atoms with Crippen LogP contribution in [0.3, 0.4) is 0 Å². The summed E-state index contributed by atoms with van der Waals surface area (Å²) in [6.07, 6.45) is 7.69. The molecule has 3 heterocycles. The van der Waals surface area contributed by atoms with E-state index in [0.29, 0.717) is 11.3 Å². The van der Waals surface area contributed by atoms with Gasteiger partial charge in [0.25, 0.3) is 0 Å². The largest absolute Gasteiger partial charge is 0.494 e. The molecule has 0 unspecified atom stereocenters. The third-order valence-electron chi connectivity index (χ3n) is 5.76. The molecule has 1 saturated heterocycles. The van der Waals surface area contributed by atoms with Crippen molar-refractivity contribution in [2.75, 3.05) is 26.7 Å². The molecule has 0 atom stereocenters. The summed E-state index contributed by atoms with van der Waals surface area (Å²) in [7, 11) is 1.45. The number of hydrogen-bond acceptors (Lipinski definition) is 5. The lowest BCUT2D eigenvalue weighted by Gasteiger charge is -2.26. The molecular formula is C23H24FN5O. The van der Waals surface area contributed by atoms with Gasteiger partial charge in [-0.05, 0) is 56.3 Å². The summed E-state index contributed by atoms with van der Waals surface area (Å²) in [5.74, 6) is -0.205. The molecule has 0 N–H and O–H groups in total. The number of likely N-dealkylation sites (tertiary alicyclic amines) is 1. The van der Waals surface area contributed by atoms with Gasteiger partial charge in [0.1, 0.15) is 0 Å². The van der Waals surface area contributed by atoms with Crippen molar-refractivity contribution in [2.24, 2.45) is 0 Å². The molecule has 2 aromatic heterocycles. The van der Waals surface area contributed by atoms with Gasteiger partial charge in [-0.3, -0.25) is 9.67 Å². The number of ether oxygens (including phenoxy) is 1. The van der Waals surface area contributed by atoms with Crippen molar-refractivity contribution in [3.63, 3.8) is 0 Å². The summed E-state index contributed by atoms with van der Waals surface area (Å²) in [6, 6.07) is 8.77. The van der Waals surface area contributed by atoms with E-state index in [4.69, 9.17) is 14.8 Å². The molecule has 1 aliphatic rings. The second kappa shape index (κ2) is 7.99. The quantitative estimate of drug-likeness (QED) is 0.496. The fraction of sp³-hybridized carbons (Fsp3) is 0.348. The molecule has 0 saturated carbocycles. The summed E-state index contributed by atoms with van der Waals surface area (Å²) in [4.78, 5) is 11.8. The summed E-state index contributed by atoms with van der Waals surface area (Å²) >= 11 is 0. The highest BCUT2D eigenvalue weighted by Crippen LogP contribution is 2.26. The van der Waals surface area contributed by atoms with Gasteiger partial charge in [0.15, 0.2) is 11.6 Å². The lowest BCUT2D eigenvalue weighted by Crippen LogP contribution is -2.32. The fourth-order valence-corrected chi connectivity index (χ4v) is 4.09. The second-order valence-electron chi connectivity index (χ2n) is 7.80. The number of fused-ring (bicyclic) bond motifs is 2. The Labute approximate surface area is 174 Å². The van der Waals surface area contributed by atoms with Crippen molar-refractivity contribution in [1.29, 1.82) is 0 Å². The summed E-state index contributed by atoms with van der Waals surface area (Å²) in [6.45, 7) is 4.28. The van der Waals surface area contributed by atoms with Crippen molar-refractivity contribution in [2.45, 2.75) is 25.8 Å². The smallest absolute Gasteiger partial charge is 0.165 e. The first kappa shape index (κ1) is 18.9. The van der Waals surface area contributed by atoms with Crippen LogP contribution in [0.25, 0.3) is 33.2 Å². The maximum Gasteiger partial charge on any atom is 0.165 e. The molecule has 6 nitrogen and oxygen atoms in total. The number of nitrogens with zero attached hydrogens (tertiary/aromatic N) is 5. The van der Waals surface area contributed by atoms with E-state index in [2.05, 4.69) is 16.1 Å². The molecule has 0 bridgehead atoms. The number of aromatic nitrogens is 4. The van der Waals surface area contributed by atoms with Crippen LogP contribution in [-0.4, -0.2) is 51.4 Å². The van der Waals surface area contributed by atoms with Crippen LogP contribution in [0.4, 0.5) is 4.39 Å². The van der Waals surface area contributed by atoms with Gasteiger partial charge < -0.3 is 9.64 Å². The number of benzene rings is 2. The average molecular weight is 405 g/mol. The lowest BCUT2D eigenvalue weighted by atomic mass is 10.1. The second-order valence-corrected chi connectivity index (χ2v) is 7.80. The molecule has 0 aliphatic carbocycles. The first-order valence-electron chi connectivity index (χ1n) is 10.4. The minimum absolute atomic E-state index is 0.212. The maximum atomic E-state index is 14.1. The normalized spacial score (nSPS) is 15.1. The standard InChI is InChI=1S/C23H24FN5O/c1-30-23-6-5-16(11-18(23)24)22-14-25-20-12-17-15-29(27-19(17)13-21(20)26-22)10-9-28-7-3-2-4-8-28/h5-6,11-15H,2-4,7-10H2,1H3. The average Bonchev–Trinajstić information content (AvgIpc) is 3.18. The lowest BCUT2D eigenvalue weighted by molar-refractivity contribution is 0.218. The third-order valence-corrected chi connectivity index (χ3v) is 5.76. The van der Waals surface area contributed by atoms with Crippen LogP contribution in [0.2, 0.25) is 0 Å². The molecule has 0 spiro atoms. The zero-order chi connectivity index (χ0) is 20.5. The van der Waals surface area contributed by atoms with Crippen LogP contribution in [-0.2, 0) is 6.54 Å². The van der Waals surface area contributed by atoms with Crippen LogP contribution in [0, 0.1) is 5.82 Å². The van der Waals surface area contributed by atoms with E-state index in [1.165, 1.54) is 45.5 Å². The van der Waals surface area contributed by atoms with Gasteiger partial charge in [-0.1, -0.05) is 6.42 Å². The van der Waals surface area contributed by atoms with E-state index in [1.807, 2.05) is 16.8 Å². The van der Waals surface area contributed by atoms with Crippen LogP contribution in [0.15, 0.2) is 42.7 Å². The zero-order valence-electron chi connectivity index (χ0n) is 17.0. The number of hydrogen-bond donors (Lipinski definition) is 0. The number of halogens is 1. The Balaban J connectivity index is 1.42. The zero-order valence-corrected chi connectivity index (χ0v) is 17.0. The third kappa shape index (κ3) is 3.73. The van der Waals surface area contributed by atoms with Gasteiger partial charge in [-0.25, -0.2) is 9.37 Å². The first-order valence-corrected chi connectivity index (χ1v) is 10.4. The van der Waals surface area contributed by atoms with Gasteiger partial charge in [-0.2, -0.15) is 5.10 Å². The van der Waals surface area contributed by atoms with Crippen molar-refractivity contribution in [3.05, 3.63) is 48.5 Å². The van der Waals surface area contributed by atoms with Crippen LogP contribution in [0.5, 0.6) is 5.75 Å². The van der Waals surface area contributed by atoms with E-state index < -0.39 is 5.82 Å². The Morgan fingerprint density at radius 2 is 1.87 bits per heavy atom. The van der Waals surface area contributed by atoms with Crippen LogP contribution in [0.1, 0.15) is 19.3 Å². The summed E-state index contributed by atoms with van der Waals surface area (Å²) in [5, 5.41) is 5.79. The van der Waals surface area contributed by atoms with E-state index in [9.17, 15) is 4.39 Å². The Morgan fingerprint density at radius 1 is 1.00 bits per heavy atom. The highest BCUT2D eigenvalue weighted by Gasteiger charge is 2.12. The Hall–Kier alpha value is -3.06. The van der Waals surface area contributed by atoms with Crippen molar-refractivity contribution < 1.29 is 9.13 Å². The van der Waals surface area contributed by atoms with Crippen molar-refractivity contribution in [1.82, 2.24) is 24.6 Å². The number of piperidine rings is 1. The van der Waals surface area contributed by atoms with Crippen LogP contribution >= 0.6 is 0 Å². The molecule has 154 valence electrons. The van der Waals surface area contributed by atoms with Gasteiger partial charge in [0.05, 0.1) is 42.1 Å². The Kier molecular flexibility index (Phi) is 5.04. The molecule has 7 heteroatoms. The molecule has 5 rings (SSSR count). The maximum absolute atomic E-state index is 14.1. The first-order chi connectivity index (χ1) is 14.7. The SMILES string of the molecule is COc1ccc(-c2cnc3cc4cn(CCN5CCCCC5)nc4cc3n2)cc1F. The predicted molar refractivity (Wildman–Crippen MR) is 115 cm³/mol. The van der Waals surface area contributed by atoms with E-state index >= 15 is 0 Å². The minimum Gasteiger partial charge on any atom is -0.494 e. The fourth-order valence-electron chi connectivity index (χ4n) is 4.09. The van der Waals surface area contributed by atoms with Gasteiger partial charge in [0, 0.05) is 23.7 Å². The van der Waals surface area contributed by atoms with Gasteiger partial charge in [0.2, 0.25) is 0 Å². The number of methoxy groups -OCH3 is 1. The molecule has 1 fully saturated rings. The van der Waals surface area contributed by atoms with E-state index in [-0.39, 0.29) is 5.75 Å². The van der Waals surface area contributed by atoms with Gasteiger partial charge in [-0.15, -0.1) is 0 Å². The Morgan fingerprint density at radius 3 is 2.67 bits per heavy atom. The predicted octanol–water partition coefficient (Wildman–Crippen LogP) is 4.28. The summed E-state index contributed by atoms with van der Waals surface area (Å²) in [5.41, 5.74) is 3.73. The van der Waals surface area contributed by atoms with Crippen molar-refractivity contribution in [3.8, 4) is 17.0 Å². The highest BCUT2D eigenvalue weighted by molar-refractivity contribution is 5.93. The van der Waals surface area contributed by atoms with Crippen LogP contribution < -0.4 is 4.74 Å². The highest BCUT2D eigenvalue weighted by atomic mass is 19.1. The van der Waals surface area contributed by atoms with E-state index in [0.717, 1.165) is 35.0 Å². The summed E-state index contributed by atoms with van der Waals surface area (Å²) < 4.78 is 21.1. The van der Waals surface area contributed by atoms with Gasteiger partial charge >= 0.3 is 0 Å². The molecule has 1 aliphatic heterocycles. The minimum atomic E-state index is -0.417. The molecular weight excluding hydrogens is 381 g/mol. The molecule has 0 radical (unpaired) electrons. The molecule has 0 amide bonds. The molecule has 30 heavy (non-hydrogen) atoms.